The molecule has 0 radical (unpaired) electrons. The molecule has 4 aromatic rings. The van der Waals surface area contributed by atoms with E-state index in [2.05, 4.69) is 24.0 Å². The lowest BCUT2D eigenvalue weighted by molar-refractivity contribution is -0.132. The van der Waals surface area contributed by atoms with Crippen molar-refractivity contribution in [2.75, 3.05) is 18.1 Å². The molecule has 2 heterocycles. The highest BCUT2D eigenvalue weighted by Gasteiger charge is 2.48. The van der Waals surface area contributed by atoms with Crippen molar-refractivity contribution in [2.45, 2.75) is 62.1 Å². The summed E-state index contributed by atoms with van der Waals surface area (Å²) in [4.78, 5) is 28.5. The summed E-state index contributed by atoms with van der Waals surface area (Å²) in [5, 5.41) is 20.3. The molecule has 1 aliphatic rings. The van der Waals surface area contributed by atoms with Gasteiger partial charge in [0.05, 0.1) is 24.8 Å². The molecule has 1 N–H and O–H groups in total. The lowest BCUT2D eigenvalue weighted by Gasteiger charge is -2.22. The molecule has 1 aromatic heterocycles. The summed E-state index contributed by atoms with van der Waals surface area (Å²) in [6, 6.07) is 19.2. The smallest absolute Gasteiger partial charge is 0.301 e. The second-order valence-electron chi connectivity index (χ2n) is 10.8. The predicted molar refractivity (Wildman–Crippen MR) is 179 cm³/mol. The fourth-order valence-electron chi connectivity index (χ4n) is 4.92. The first kappa shape index (κ1) is 33.2. The number of Topliss-reactive ketones (excluding diaryl/α,β-unsaturated/α-hetero) is 1. The first-order chi connectivity index (χ1) is 22.4. The Morgan fingerprint density at radius 2 is 1.50 bits per heavy atom. The second kappa shape index (κ2) is 15.9. The summed E-state index contributed by atoms with van der Waals surface area (Å²) in [5.74, 6) is -0.383. The monoisotopic (exact) mass is 661 g/mol. The minimum atomic E-state index is -0.947. The average Bonchev–Trinajstić information content (AvgIpc) is 3.65. The van der Waals surface area contributed by atoms with Crippen LogP contribution in [0.4, 0.5) is 9.52 Å². The number of ketones is 1. The highest BCUT2D eigenvalue weighted by Crippen LogP contribution is 2.44. The van der Waals surface area contributed by atoms with E-state index < -0.39 is 17.7 Å². The van der Waals surface area contributed by atoms with Crippen LogP contribution in [-0.4, -0.2) is 40.2 Å². The van der Waals surface area contributed by atoms with Gasteiger partial charge in [0.1, 0.15) is 23.1 Å². The summed E-state index contributed by atoms with van der Waals surface area (Å²) in [7, 11) is 0. The van der Waals surface area contributed by atoms with Crippen molar-refractivity contribution in [3.8, 4) is 11.5 Å². The van der Waals surface area contributed by atoms with E-state index in [1.54, 1.807) is 60.7 Å². The Kier molecular flexibility index (Phi) is 11.4. The van der Waals surface area contributed by atoms with Gasteiger partial charge in [-0.25, -0.2) is 4.39 Å². The highest BCUT2D eigenvalue weighted by atomic mass is 32.2. The number of aromatic nitrogens is 2. The molecule has 3 aromatic carbocycles. The van der Waals surface area contributed by atoms with E-state index in [0.29, 0.717) is 45.9 Å². The number of anilines is 1. The summed E-state index contributed by atoms with van der Waals surface area (Å²) < 4.78 is 25.5. The molecule has 0 aliphatic carbocycles. The van der Waals surface area contributed by atoms with Crippen LogP contribution in [0.15, 0.2) is 82.7 Å². The van der Waals surface area contributed by atoms with Crippen molar-refractivity contribution in [2.24, 2.45) is 0 Å². The molecule has 1 unspecified atom stereocenters. The first-order valence-corrected chi connectivity index (χ1v) is 17.2. The van der Waals surface area contributed by atoms with Gasteiger partial charge in [-0.1, -0.05) is 80.5 Å². The predicted octanol–water partition coefficient (Wildman–Crippen LogP) is 8.34. The number of thioether (sulfide) groups is 1. The molecule has 1 saturated heterocycles. The molecule has 8 nitrogen and oxygen atoms in total. The number of carbonyl (C=O) groups excluding carboxylic acids is 2. The molecule has 0 bridgehead atoms. The third-order valence-electron chi connectivity index (χ3n) is 7.43. The minimum Gasteiger partial charge on any atom is -0.507 e. The fourth-order valence-corrected chi connectivity index (χ4v) is 6.74. The maximum atomic E-state index is 13.6. The lowest BCUT2D eigenvalue weighted by atomic mass is 9.95. The van der Waals surface area contributed by atoms with Crippen LogP contribution in [0.5, 0.6) is 11.5 Å². The number of benzene rings is 3. The van der Waals surface area contributed by atoms with E-state index in [-0.39, 0.29) is 22.3 Å². The number of aliphatic hydroxyl groups excluding tert-OH is 1. The number of carbonyl (C=O) groups is 2. The Labute approximate surface area is 276 Å². The van der Waals surface area contributed by atoms with Crippen molar-refractivity contribution in [1.82, 2.24) is 10.2 Å². The third-order valence-corrected chi connectivity index (χ3v) is 9.56. The van der Waals surface area contributed by atoms with E-state index >= 15 is 0 Å². The maximum Gasteiger partial charge on any atom is 0.301 e. The average molecular weight is 662 g/mol. The number of halogens is 1. The highest BCUT2D eigenvalue weighted by molar-refractivity contribution is 8.00. The van der Waals surface area contributed by atoms with Crippen LogP contribution in [0.3, 0.4) is 0 Å². The van der Waals surface area contributed by atoms with Crippen LogP contribution in [0, 0.1) is 5.82 Å². The molecular formula is C35H36FN3O5S2. The van der Waals surface area contributed by atoms with Crippen molar-refractivity contribution < 1.29 is 28.6 Å². The van der Waals surface area contributed by atoms with Gasteiger partial charge in [-0.05, 0) is 72.5 Å². The maximum absolute atomic E-state index is 13.6. The molecule has 5 rings (SSSR count). The van der Waals surface area contributed by atoms with Gasteiger partial charge in [-0.2, -0.15) is 0 Å². The summed E-state index contributed by atoms with van der Waals surface area (Å²) >= 11 is 2.56. The van der Waals surface area contributed by atoms with Crippen LogP contribution >= 0.6 is 23.1 Å². The standard InChI is InChI=1S/C35H36FN3O5S2/c1-3-5-7-21-44-27-16-10-24(11-17-27)30-29(31(40)25-12-18-28(19-13-25)43-20-6-4-2)32(41)33(42)39(30)34-37-38-35(46-34)45-22-23-8-14-26(36)15-9-23/h8-19,30,40H,3-7,20-22H2,1-2H3/b31-29-. The van der Waals surface area contributed by atoms with Crippen molar-refractivity contribution in [1.29, 1.82) is 0 Å². The van der Waals surface area contributed by atoms with Crippen LogP contribution in [0.25, 0.3) is 5.76 Å². The Morgan fingerprint density at radius 3 is 2.15 bits per heavy atom. The van der Waals surface area contributed by atoms with Gasteiger partial charge in [0.25, 0.3) is 5.78 Å². The minimum absolute atomic E-state index is 0.0445. The van der Waals surface area contributed by atoms with E-state index in [0.717, 1.165) is 37.7 Å². The molecule has 240 valence electrons. The quantitative estimate of drug-likeness (QED) is 0.0339. The Balaban J connectivity index is 1.46. The molecule has 1 amide bonds. The lowest BCUT2D eigenvalue weighted by Crippen LogP contribution is -2.29. The van der Waals surface area contributed by atoms with Crippen LogP contribution in [-0.2, 0) is 15.3 Å². The second-order valence-corrected chi connectivity index (χ2v) is 13.0. The zero-order valence-electron chi connectivity index (χ0n) is 25.8. The number of nitrogens with zero attached hydrogens (tertiary/aromatic N) is 3. The molecule has 0 spiro atoms. The van der Waals surface area contributed by atoms with Gasteiger partial charge in [-0.3, -0.25) is 14.5 Å². The largest absolute Gasteiger partial charge is 0.507 e. The molecule has 1 atom stereocenters. The fraction of sp³-hybridized carbons (Fsp3) is 0.314. The van der Waals surface area contributed by atoms with Gasteiger partial charge in [0, 0.05) is 11.3 Å². The van der Waals surface area contributed by atoms with Gasteiger partial charge < -0.3 is 14.6 Å². The summed E-state index contributed by atoms with van der Waals surface area (Å²) in [6.07, 6.45) is 5.04. The molecule has 11 heteroatoms. The zero-order chi connectivity index (χ0) is 32.5. The zero-order valence-corrected chi connectivity index (χ0v) is 27.4. The third kappa shape index (κ3) is 7.94. The van der Waals surface area contributed by atoms with Gasteiger partial charge in [-0.15, -0.1) is 10.2 Å². The summed E-state index contributed by atoms with van der Waals surface area (Å²) in [6.45, 7) is 5.39. The van der Waals surface area contributed by atoms with Gasteiger partial charge in [0.15, 0.2) is 4.34 Å². The van der Waals surface area contributed by atoms with Crippen LogP contribution in [0.2, 0.25) is 0 Å². The molecule has 46 heavy (non-hydrogen) atoms. The molecule has 0 saturated carbocycles. The number of rotatable bonds is 15. The Bertz CT molecular complexity index is 1660. The van der Waals surface area contributed by atoms with E-state index in [4.69, 9.17) is 9.47 Å². The van der Waals surface area contributed by atoms with E-state index in [9.17, 15) is 19.1 Å². The normalized spacial score (nSPS) is 15.8. The van der Waals surface area contributed by atoms with Gasteiger partial charge in [0.2, 0.25) is 5.13 Å². The molecule has 1 fully saturated rings. The SMILES string of the molecule is CCCCCOc1ccc(C2/C(=C(/O)c3ccc(OCCCC)cc3)C(=O)C(=O)N2c2nnc(SCc3ccc(F)cc3)s2)cc1. The Morgan fingerprint density at radius 1 is 0.870 bits per heavy atom. The number of aliphatic hydroxyl groups is 1. The molecular weight excluding hydrogens is 626 g/mol. The number of hydrogen-bond donors (Lipinski definition) is 1. The van der Waals surface area contributed by atoms with Crippen LogP contribution in [0.1, 0.15) is 68.7 Å². The van der Waals surface area contributed by atoms with Gasteiger partial charge >= 0.3 is 5.91 Å². The van der Waals surface area contributed by atoms with E-state index in [1.807, 2.05) is 0 Å². The number of hydrogen-bond acceptors (Lipinski definition) is 9. The van der Waals surface area contributed by atoms with Crippen molar-refractivity contribution in [3.05, 3.63) is 101 Å². The van der Waals surface area contributed by atoms with Crippen molar-refractivity contribution in [3.63, 3.8) is 0 Å². The first-order valence-electron chi connectivity index (χ1n) is 15.4. The number of amides is 1. The Hall–Kier alpha value is -4.22. The van der Waals surface area contributed by atoms with Crippen LogP contribution < -0.4 is 14.4 Å². The van der Waals surface area contributed by atoms with E-state index in [1.165, 1.54) is 40.1 Å². The number of ether oxygens (including phenoxy) is 2. The molecule has 1 aliphatic heterocycles. The topological polar surface area (TPSA) is 102 Å². The summed E-state index contributed by atoms with van der Waals surface area (Å²) in [5.41, 5.74) is 1.85. The number of unbranched alkanes of at least 4 members (excludes halogenated alkanes) is 3. The van der Waals surface area contributed by atoms with Crippen molar-refractivity contribution >= 4 is 45.7 Å².